The Hall–Kier alpha value is -3.89. The molecule has 35 heavy (non-hydrogen) atoms. The number of aliphatic hydroxyl groups excluding tert-OH is 1. The molecule has 2 fully saturated rings. The van der Waals surface area contributed by atoms with E-state index in [1.807, 2.05) is 0 Å². The lowest BCUT2D eigenvalue weighted by Gasteiger charge is -2.35. The summed E-state index contributed by atoms with van der Waals surface area (Å²) in [5.41, 5.74) is 7.16. The molecular weight excluding hydrogens is 450 g/mol. The van der Waals surface area contributed by atoms with E-state index in [1.54, 1.807) is 53.6 Å². The van der Waals surface area contributed by atoms with E-state index < -0.39 is 24.0 Å². The zero-order valence-corrected chi connectivity index (χ0v) is 19.1. The smallest absolute Gasteiger partial charge is 0.259 e. The lowest BCUT2D eigenvalue weighted by Crippen LogP contribution is -2.55. The number of morpholine rings is 1. The van der Waals surface area contributed by atoms with E-state index in [-0.39, 0.29) is 19.1 Å². The molecule has 2 aromatic carbocycles. The highest BCUT2D eigenvalue weighted by Crippen LogP contribution is 2.28. The van der Waals surface area contributed by atoms with E-state index in [0.717, 1.165) is 23.6 Å². The fourth-order valence-electron chi connectivity index (χ4n) is 4.64. The van der Waals surface area contributed by atoms with Crippen molar-refractivity contribution in [1.82, 2.24) is 9.88 Å². The van der Waals surface area contributed by atoms with Gasteiger partial charge < -0.3 is 35.7 Å². The third-order valence-corrected chi connectivity index (χ3v) is 6.49. The molecule has 3 amide bonds. The molecule has 5 rings (SSSR count). The molecule has 10 heteroatoms. The van der Waals surface area contributed by atoms with Crippen molar-refractivity contribution in [3.8, 4) is 0 Å². The number of hydrogen-bond donors (Lipinski definition) is 4. The molecule has 0 saturated carbocycles. The lowest BCUT2D eigenvalue weighted by molar-refractivity contribution is -0.150. The number of carbonyl (C=O) groups excluding carboxylic acids is 3. The molecule has 5 N–H and O–H groups in total. The fraction of sp³-hybridized carbons (Fsp3) is 0.320. The highest BCUT2D eigenvalue weighted by atomic mass is 16.5. The third-order valence-electron chi connectivity index (χ3n) is 6.49. The van der Waals surface area contributed by atoms with Crippen LogP contribution in [0, 0.1) is 0 Å². The van der Waals surface area contributed by atoms with Gasteiger partial charge in [-0.1, -0.05) is 12.1 Å². The van der Waals surface area contributed by atoms with E-state index in [1.165, 1.54) is 4.90 Å². The molecule has 0 aliphatic carbocycles. The number of ether oxygens (including phenoxy) is 1. The average molecular weight is 478 g/mol. The van der Waals surface area contributed by atoms with Gasteiger partial charge in [-0.25, -0.2) is 0 Å². The molecule has 2 aliphatic rings. The predicted octanol–water partition coefficient (Wildman–Crippen LogP) is 1.72. The number of nitrogens with zero attached hydrogens (tertiary/aromatic N) is 2. The molecule has 10 nitrogen and oxygen atoms in total. The van der Waals surface area contributed by atoms with Gasteiger partial charge >= 0.3 is 0 Å². The van der Waals surface area contributed by atoms with E-state index >= 15 is 0 Å². The summed E-state index contributed by atoms with van der Waals surface area (Å²) in [5.74, 6) is -0.959. The molecule has 0 bridgehead atoms. The number of rotatable bonds is 5. The first-order valence-corrected chi connectivity index (χ1v) is 11.6. The van der Waals surface area contributed by atoms with Crippen molar-refractivity contribution >= 4 is 45.7 Å². The summed E-state index contributed by atoms with van der Waals surface area (Å²) in [7, 11) is 0. The normalized spacial score (nSPS) is 19.2. The van der Waals surface area contributed by atoms with Crippen LogP contribution in [0.15, 0.2) is 48.7 Å². The van der Waals surface area contributed by atoms with Crippen molar-refractivity contribution in [3.05, 3.63) is 54.2 Å². The topological polar surface area (TPSA) is 141 Å². The number of aromatic nitrogens is 1. The van der Waals surface area contributed by atoms with E-state index in [9.17, 15) is 19.5 Å². The second kappa shape index (κ2) is 9.40. The summed E-state index contributed by atoms with van der Waals surface area (Å²) in [4.78, 5) is 45.3. The Morgan fingerprint density at radius 3 is 2.71 bits per heavy atom. The number of likely N-dealkylation sites (tertiary alicyclic amines) is 1. The van der Waals surface area contributed by atoms with Gasteiger partial charge in [0.1, 0.15) is 5.82 Å². The van der Waals surface area contributed by atoms with Crippen LogP contribution in [0.1, 0.15) is 23.2 Å². The molecule has 0 spiro atoms. The van der Waals surface area contributed by atoms with E-state index in [4.69, 9.17) is 10.5 Å². The number of hydrogen-bond acceptors (Lipinski definition) is 6. The number of benzene rings is 2. The van der Waals surface area contributed by atoms with Gasteiger partial charge in [-0.3, -0.25) is 14.4 Å². The molecule has 182 valence electrons. The van der Waals surface area contributed by atoms with Crippen LogP contribution in [-0.2, 0) is 14.3 Å². The van der Waals surface area contributed by atoms with Gasteiger partial charge in [0, 0.05) is 42.3 Å². The number of nitrogens with two attached hydrogens (primary N) is 1. The molecule has 0 unspecified atom stereocenters. The summed E-state index contributed by atoms with van der Waals surface area (Å²) in [5, 5.41) is 15.0. The van der Waals surface area contributed by atoms with Crippen LogP contribution in [-0.4, -0.2) is 71.2 Å². The van der Waals surface area contributed by atoms with Gasteiger partial charge in [0.05, 0.1) is 17.9 Å². The third kappa shape index (κ3) is 4.33. The first-order valence-electron chi connectivity index (χ1n) is 11.6. The number of amides is 3. The number of aromatic amines is 1. The highest BCUT2D eigenvalue weighted by Gasteiger charge is 2.40. The van der Waals surface area contributed by atoms with Gasteiger partial charge in [0.15, 0.2) is 12.2 Å². The minimum Gasteiger partial charge on any atom is -0.385 e. The monoisotopic (exact) mass is 477 g/mol. The van der Waals surface area contributed by atoms with Crippen LogP contribution in [0.4, 0.5) is 17.2 Å². The summed E-state index contributed by atoms with van der Waals surface area (Å²) in [6.45, 7) is 1.70. The molecule has 3 aromatic rings. The maximum atomic E-state index is 13.3. The zero-order valence-electron chi connectivity index (χ0n) is 19.1. The van der Waals surface area contributed by atoms with Crippen molar-refractivity contribution in [1.29, 1.82) is 0 Å². The van der Waals surface area contributed by atoms with Gasteiger partial charge in [0.25, 0.3) is 17.7 Å². The number of fused-ring (bicyclic) bond motifs is 1. The van der Waals surface area contributed by atoms with Gasteiger partial charge in [-0.2, -0.15) is 0 Å². The average Bonchev–Trinajstić information content (AvgIpc) is 3.54. The van der Waals surface area contributed by atoms with Crippen LogP contribution >= 0.6 is 0 Å². The van der Waals surface area contributed by atoms with Crippen molar-refractivity contribution in [2.24, 2.45) is 0 Å². The van der Waals surface area contributed by atoms with Crippen molar-refractivity contribution in [3.63, 3.8) is 0 Å². The van der Waals surface area contributed by atoms with Crippen LogP contribution in [0.25, 0.3) is 10.8 Å². The van der Waals surface area contributed by atoms with Gasteiger partial charge in [-0.05, 0) is 43.2 Å². The largest absolute Gasteiger partial charge is 0.385 e. The number of nitrogens with one attached hydrogen (secondary N) is 2. The van der Waals surface area contributed by atoms with Crippen molar-refractivity contribution in [2.75, 3.05) is 42.2 Å². The fourth-order valence-corrected chi connectivity index (χ4v) is 4.64. The van der Waals surface area contributed by atoms with Gasteiger partial charge in [-0.15, -0.1) is 0 Å². The lowest BCUT2D eigenvalue weighted by atomic mass is 10.1. The van der Waals surface area contributed by atoms with Crippen LogP contribution in [0.5, 0.6) is 0 Å². The summed E-state index contributed by atoms with van der Waals surface area (Å²) in [6.07, 6.45) is 0.490. The number of para-hydroxylation sites is 1. The van der Waals surface area contributed by atoms with Crippen molar-refractivity contribution < 1.29 is 24.2 Å². The van der Waals surface area contributed by atoms with Crippen molar-refractivity contribution in [2.45, 2.75) is 25.0 Å². The number of carbonyl (C=O) groups is 3. The highest BCUT2D eigenvalue weighted by molar-refractivity contribution is 6.08. The first-order chi connectivity index (χ1) is 16.9. The second-order valence-corrected chi connectivity index (χ2v) is 8.74. The van der Waals surface area contributed by atoms with Crippen LogP contribution < -0.4 is 16.0 Å². The number of nitrogen functional groups attached to an aromatic ring is 1. The Morgan fingerprint density at radius 1 is 1.14 bits per heavy atom. The quantitative estimate of drug-likeness (QED) is 0.441. The SMILES string of the molecule is Nc1[nH]cc2cc(NC(=O)[C@H](O)[C@H]3OCCN(c4ccccc4C(=O)N4CCCC4)C3=O)ccc12. The minimum atomic E-state index is -1.74. The maximum absolute atomic E-state index is 13.3. The Kier molecular flexibility index (Phi) is 6.14. The summed E-state index contributed by atoms with van der Waals surface area (Å²) in [6, 6.07) is 12.0. The Morgan fingerprint density at radius 2 is 1.91 bits per heavy atom. The first kappa shape index (κ1) is 22.9. The van der Waals surface area contributed by atoms with E-state index in [2.05, 4.69) is 10.3 Å². The standard InChI is InChI=1S/C25H27N5O5/c26-22-17-8-7-16(13-15(17)14-27-22)28-23(32)20(31)21-25(34)30(11-12-35-21)19-6-2-1-5-18(19)24(33)29-9-3-4-10-29/h1-2,5-8,13-14,20-21,27,31H,3-4,9-12,26H2,(H,28,32)/t20-,21-/m1/s1. The number of anilines is 3. The molecule has 2 saturated heterocycles. The number of H-pyrrole nitrogens is 1. The molecule has 2 aliphatic heterocycles. The molecule has 3 heterocycles. The van der Waals surface area contributed by atoms with E-state index in [0.29, 0.717) is 35.8 Å². The Labute approximate surface area is 201 Å². The predicted molar refractivity (Wildman–Crippen MR) is 131 cm³/mol. The second-order valence-electron chi connectivity index (χ2n) is 8.74. The zero-order chi connectivity index (χ0) is 24.5. The van der Waals surface area contributed by atoms with Gasteiger partial charge in [0.2, 0.25) is 0 Å². The maximum Gasteiger partial charge on any atom is 0.259 e. The molecular formula is C25H27N5O5. The Balaban J connectivity index is 1.33. The summed E-state index contributed by atoms with van der Waals surface area (Å²) >= 11 is 0. The Bertz CT molecular complexity index is 1280. The molecule has 2 atom stereocenters. The van der Waals surface area contributed by atoms with Crippen LogP contribution in [0.3, 0.4) is 0 Å². The molecule has 0 radical (unpaired) electrons. The minimum absolute atomic E-state index is 0.113. The van der Waals surface area contributed by atoms with Crippen LogP contribution in [0.2, 0.25) is 0 Å². The summed E-state index contributed by atoms with van der Waals surface area (Å²) < 4.78 is 5.52. The number of aliphatic hydroxyl groups is 1. The molecule has 1 aromatic heterocycles.